The van der Waals surface area contributed by atoms with Crippen LogP contribution >= 0.6 is 0 Å². The maximum absolute atomic E-state index is 14.3. The second-order valence-corrected chi connectivity index (χ2v) is 15.5. The van der Waals surface area contributed by atoms with Gasteiger partial charge in [0.15, 0.2) is 5.60 Å². The van der Waals surface area contributed by atoms with Crippen molar-refractivity contribution in [2.24, 2.45) is 0 Å². The van der Waals surface area contributed by atoms with E-state index in [1.807, 2.05) is 76.2 Å². The summed E-state index contributed by atoms with van der Waals surface area (Å²) >= 11 is 0. The van der Waals surface area contributed by atoms with Gasteiger partial charge in [-0.05, 0) is 79.1 Å². The Morgan fingerprint density at radius 3 is 1.74 bits per heavy atom. The molecule has 2 aromatic carbocycles. The fourth-order valence-electron chi connectivity index (χ4n) is 8.11. The van der Waals surface area contributed by atoms with Gasteiger partial charge < -0.3 is 29.1 Å². The molecule has 6 rings (SSSR count). The van der Waals surface area contributed by atoms with Gasteiger partial charge in [0.2, 0.25) is 11.9 Å². The molecule has 0 bridgehead atoms. The van der Waals surface area contributed by atoms with Crippen LogP contribution in [0.25, 0.3) is 22.5 Å². The second kappa shape index (κ2) is 19.0. The molecule has 12 heteroatoms. The highest BCUT2D eigenvalue weighted by Crippen LogP contribution is 2.46. The van der Waals surface area contributed by atoms with E-state index < -0.39 is 17.7 Å². The Morgan fingerprint density at radius 1 is 0.719 bits per heavy atom. The van der Waals surface area contributed by atoms with Crippen LogP contribution in [0.2, 0.25) is 0 Å². The zero-order valence-corrected chi connectivity index (χ0v) is 34.5. The predicted octanol–water partition coefficient (Wildman–Crippen LogP) is 8.23. The van der Waals surface area contributed by atoms with Crippen LogP contribution in [-0.2, 0) is 29.4 Å². The molecule has 0 saturated carbocycles. The smallest absolute Gasteiger partial charge is 0.340 e. The van der Waals surface area contributed by atoms with Gasteiger partial charge >= 0.3 is 11.9 Å². The van der Waals surface area contributed by atoms with Crippen LogP contribution in [0.5, 0.6) is 0 Å². The van der Waals surface area contributed by atoms with Crippen LogP contribution in [0.3, 0.4) is 0 Å². The number of nitrogens with zero attached hydrogens (tertiary/aromatic N) is 6. The first-order chi connectivity index (χ1) is 27.5. The lowest BCUT2D eigenvalue weighted by Crippen LogP contribution is -2.43. The molecule has 12 nitrogen and oxygen atoms in total. The van der Waals surface area contributed by atoms with E-state index >= 15 is 0 Å². The maximum atomic E-state index is 14.3. The summed E-state index contributed by atoms with van der Waals surface area (Å²) in [6, 6.07) is 16.1. The number of piperidine rings is 2. The predicted molar refractivity (Wildman–Crippen MR) is 222 cm³/mol. The zero-order valence-electron chi connectivity index (χ0n) is 34.5. The molecule has 2 fully saturated rings. The van der Waals surface area contributed by atoms with Gasteiger partial charge in [0.1, 0.15) is 0 Å². The van der Waals surface area contributed by atoms with Crippen molar-refractivity contribution in [1.82, 2.24) is 19.9 Å². The van der Waals surface area contributed by atoms with Crippen molar-refractivity contribution in [3.63, 3.8) is 0 Å². The number of hydrogen-bond donors (Lipinski definition) is 1. The number of benzene rings is 2. The van der Waals surface area contributed by atoms with E-state index in [1.165, 1.54) is 13.5 Å². The lowest BCUT2D eigenvalue weighted by molar-refractivity contribution is -0.182. The Hall–Kier alpha value is -4.94. The Kier molecular flexibility index (Phi) is 13.9. The highest BCUT2D eigenvalue weighted by Gasteiger charge is 2.48. The minimum atomic E-state index is -1.99. The van der Waals surface area contributed by atoms with Crippen LogP contribution in [0.15, 0.2) is 48.5 Å². The van der Waals surface area contributed by atoms with Crippen molar-refractivity contribution in [2.75, 3.05) is 56.8 Å². The standard InChI is InChI=1S/C45H58N6O6/c1-30-16-20-34(21-17-30)40-38(32(3)46-43(48-40)50-25-9-7-10-26-50)36(14-13-15-37(52)56-6)57-45(42(53)54,24-29-55-5)39-33(4)47-44(51-27-11-8-12-28-51)49-41(39)35-22-18-31(2)19-23-35/h16-23,36H,7-15,24-29H2,1-6H3,(H,53,54). The molecule has 2 aliphatic heterocycles. The first-order valence-corrected chi connectivity index (χ1v) is 20.4. The Balaban J connectivity index is 1.58. The molecule has 2 atom stereocenters. The highest BCUT2D eigenvalue weighted by atomic mass is 16.5. The summed E-state index contributed by atoms with van der Waals surface area (Å²) in [4.78, 5) is 51.7. The second-order valence-electron chi connectivity index (χ2n) is 15.5. The van der Waals surface area contributed by atoms with Gasteiger partial charge in [-0.3, -0.25) is 4.79 Å². The number of aliphatic carboxylic acids is 1. The fraction of sp³-hybridized carbons (Fsp3) is 0.511. The van der Waals surface area contributed by atoms with Crippen LogP contribution in [-0.4, -0.2) is 84.0 Å². The molecule has 0 aliphatic carbocycles. The Morgan fingerprint density at radius 2 is 1.23 bits per heavy atom. The first-order valence-electron chi connectivity index (χ1n) is 20.4. The number of aryl methyl sites for hydroxylation is 4. The molecular weight excluding hydrogens is 721 g/mol. The number of methoxy groups -OCH3 is 2. The summed E-state index contributed by atoms with van der Waals surface area (Å²) < 4.78 is 17.9. The third-order valence-electron chi connectivity index (χ3n) is 11.3. The number of carboxylic acid groups (broad SMARTS) is 1. The topological polar surface area (TPSA) is 140 Å². The van der Waals surface area contributed by atoms with Crippen LogP contribution < -0.4 is 9.80 Å². The number of rotatable bonds is 16. The van der Waals surface area contributed by atoms with Crippen LogP contribution in [0.1, 0.15) is 104 Å². The van der Waals surface area contributed by atoms with Gasteiger partial charge in [0.05, 0.1) is 30.3 Å². The van der Waals surface area contributed by atoms with E-state index in [2.05, 4.69) is 9.80 Å². The molecule has 0 spiro atoms. The minimum absolute atomic E-state index is 0.0376. The van der Waals surface area contributed by atoms with Crippen molar-refractivity contribution in [3.05, 3.63) is 82.2 Å². The van der Waals surface area contributed by atoms with Crippen molar-refractivity contribution in [2.45, 2.75) is 104 Å². The molecule has 57 heavy (non-hydrogen) atoms. The van der Waals surface area contributed by atoms with E-state index in [0.29, 0.717) is 52.2 Å². The molecule has 304 valence electrons. The SMILES string of the molecule is COCCC(OC(CCCC(=O)OC)c1c(C)nc(N2CCCCC2)nc1-c1ccc(C)cc1)(C(=O)O)c1c(C)nc(N2CCCCC2)nc1-c1ccc(C)cc1. The van der Waals surface area contributed by atoms with Gasteiger partial charge in [-0.25, -0.2) is 24.7 Å². The number of carboxylic acids is 1. The largest absolute Gasteiger partial charge is 0.479 e. The van der Waals surface area contributed by atoms with Gasteiger partial charge in [-0.1, -0.05) is 59.7 Å². The monoisotopic (exact) mass is 778 g/mol. The van der Waals surface area contributed by atoms with E-state index in [9.17, 15) is 14.7 Å². The van der Waals surface area contributed by atoms with Crippen molar-refractivity contribution < 1.29 is 28.9 Å². The minimum Gasteiger partial charge on any atom is -0.479 e. The number of anilines is 2. The molecule has 4 heterocycles. The van der Waals surface area contributed by atoms with E-state index in [4.69, 9.17) is 34.1 Å². The average molecular weight is 779 g/mol. The maximum Gasteiger partial charge on any atom is 0.340 e. The summed E-state index contributed by atoms with van der Waals surface area (Å²) in [5, 5.41) is 11.7. The van der Waals surface area contributed by atoms with E-state index in [-0.39, 0.29) is 31.8 Å². The molecule has 0 amide bonds. The van der Waals surface area contributed by atoms with Crippen molar-refractivity contribution >= 4 is 23.8 Å². The van der Waals surface area contributed by atoms with Crippen LogP contribution in [0.4, 0.5) is 11.9 Å². The summed E-state index contributed by atoms with van der Waals surface area (Å²) in [6.07, 6.45) is 6.38. The molecule has 2 unspecified atom stereocenters. The van der Waals surface area contributed by atoms with Gasteiger partial charge in [0.25, 0.3) is 0 Å². The third-order valence-corrected chi connectivity index (χ3v) is 11.3. The molecule has 2 saturated heterocycles. The summed E-state index contributed by atoms with van der Waals surface area (Å²) in [5.74, 6) is -0.331. The molecule has 1 N–H and O–H groups in total. The van der Waals surface area contributed by atoms with Gasteiger partial charge in [0, 0.05) is 80.7 Å². The fourth-order valence-corrected chi connectivity index (χ4v) is 8.11. The van der Waals surface area contributed by atoms with Gasteiger partial charge in [-0.15, -0.1) is 0 Å². The normalized spacial score (nSPS) is 16.2. The van der Waals surface area contributed by atoms with E-state index in [0.717, 1.165) is 80.5 Å². The molecular formula is C45H58N6O6. The van der Waals surface area contributed by atoms with E-state index in [1.54, 1.807) is 7.11 Å². The average Bonchev–Trinajstić information content (AvgIpc) is 3.22. The van der Waals surface area contributed by atoms with Crippen LogP contribution in [0, 0.1) is 27.7 Å². The highest BCUT2D eigenvalue weighted by molar-refractivity contribution is 5.84. The number of ether oxygens (including phenoxy) is 3. The number of carbonyl (C=O) groups is 2. The summed E-state index contributed by atoms with van der Waals surface area (Å²) in [6.45, 7) is 11.3. The molecule has 2 aliphatic rings. The molecule has 2 aromatic heterocycles. The lowest BCUT2D eigenvalue weighted by atomic mass is 9.84. The molecule has 4 aromatic rings. The van der Waals surface area contributed by atoms with Crippen molar-refractivity contribution in [3.8, 4) is 22.5 Å². The summed E-state index contributed by atoms with van der Waals surface area (Å²) in [7, 11) is 2.92. The Bertz CT molecular complexity index is 1990. The summed E-state index contributed by atoms with van der Waals surface area (Å²) in [5.41, 5.74) is 5.23. The first kappa shape index (κ1) is 41.7. The zero-order chi connectivity index (χ0) is 40.5. The number of aromatic nitrogens is 4. The van der Waals surface area contributed by atoms with Crippen molar-refractivity contribution in [1.29, 1.82) is 0 Å². The quantitative estimate of drug-likeness (QED) is 0.110. The number of carbonyl (C=O) groups excluding carboxylic acids is 1. The third kappa shape index (κ3) is 9.61. The lowest BCUT2D eigenvalue weighted by Gasteiger charge is -2.37. The Labute approximate surface area is 337 Å². The number of hydrogen-bond acceptors (Lipinski definition) is 11. The van der Waals surface area contributed by atoms with Gasteiger partial charge in [-0.2, -0.15) is 0 Å². The number of esters is 1. The molecule has 0 radical (unpaired) electrons.